The lowest BCUT2D eigenvalue weighted by atomic mass is 9.46. The van der Waals surface area contributed by atoms with E-state index in [1.165, 1.54) is 4.90 Å². The van der Waals surface area contributed by atoms with Gasteiger partial charge >= 0.3 is 0 Å². The molecule has 0 saturated carbocycles. The van der Waals surface area contributed by atoms with Crippen LogP contribution in [0.25, 0.3) is 0 Å². The van der Waals surface area contributed by atoms with E-state index in [2.05, 4.69) is 24.3 Å². The molecule has 1 aliphatic heterocycles. The van der Waals surface area contributed by atoms with Gasteiger partial charge in [-0.25, -0.2) is 0 Å². The second-order valence-electron chi connectivity index (χ2n) is 9.59. The fourth-order valence-corrected chi connectivity index (χ4v) is 6.37. The van der Waals surface area contributed by atoms with Gasteiger partial charge in [-0.3, -0.25) is 14.5 Å². The molecule has 2 bridgehead atoms. The molecule has 29 heavy (non-hydrogen) atoms. The third kappa shape index (κ3) is 2.03. The molecule has 4 nitrogen and oxygen atoms in total. The number of hydrogen-bond donors (Lipinski definition) is 0. The first kappa shape index (κ1) is 18.6. The minimum absolute atomic E-state index is 0.0471. The number of rotatable bonds is 2. The molecule has 0 aromatic heterocycles. The average molecular weight is 389 g/mol. The van der Waals surface area contributed by atoms with E-state index >= 15 is 0 Å². The molecule has 0 radical (unpaired) electrons. The maximum absolute atomic E-state index is 13.9. The van der Waals surface area contributed by atoms with Gasteiger partial charge in [0.05, 0.1) is 23.4 Å². The van der Waals surface area contributed by atoms with Crippen molar-refractivity contribution in [3.05, 3.63) is 70.8 Å². The largest absolute Gasteiger partial charge is 0.380 e. The minimum Gasteiger partial charge on any atom is -0.380 e. The Morgan fingerprint density at radius 2 is 1.45 bits per heavy atom. The molecule has 3 atom stereocenters. The van der Waals surface area contributed by atoms with Crippen LogP contribution in [0.4, 0.5) is 0 Å². The van der Waals surface area contributed by atoms with Crippen molar-refractivity contribution >= 4 is 11.8 Å². The first-order valence-corrected chi connectivity index (χ1v) is 10.4. The molecule has 3 aliphatic carbocycles. The van der Waals surface area contributed by atoms with Crippen LogP contribution in [0.5, 0.6) is 0 Å². The van der Waals surface area contributed by atoms with E-state index in [4.69, 9.17) is 4.74 Å². The lowest BCUT2D eigenvalue weighted by Crippen LogP contribution is -2.59. The highest BCUT2D eigenvalue weighted by atomic mass is 16.5. The van der Waals surface area contributed by atoms with Crippen LogP contribution >= 0.6 is 0 Å². The molecule has 1 saturated heterocycles. The van der Waals surface area contributed by atoms with Crippen molar-refractivity contribution in [1.82, 2.24) is 4.90 Å². The van der Waals surface area contributed by atoms with Gasteiger partial charge in [-0.1, -0.05) is 48.5 Å². The van der Waals surface area contributed by atoms with Gasteiger partial charge in [0.1, 0.15) is 0 Å². The second kappa shape index (κ2) is 5.79. The number of carbonyl (C=O) groups is 2. The van der Waals surface area contributed by atoms with Crippen molar-refractivity contribution in [1.29, 1.82) is 0 Å². The van der Waals surface area contributed by atoms with E-state index in [1.807, 2.05) is 52.0 Å². The number of nitrogens with zero attached hydrogens (tertiary/aromatic N) is 1. The normalized spacial score (nSPS) is 30.8. The van der Waals surface area contributed by atoms with Crippen LogP contribution in [0.15, 0.2) is 48.5 Å². The van der Waals surface area contributed by atoms with Gasteiger partial charge in [0.2, 0.25) is 11.8 Å². The summed E-state index contributed by atoms with van der Waals surface area (Å²) in [6.45, 7) is 7.85. The van der Waals surface area contributed by atoms with Crippen LogP contribution in [-0.4, -0.2) is 35.5 Å². The Kier molecular flexibility index (Phi) is 3.71. The molecular formula is C25H27NO3. The Hall–Kier alpha value is -2.46. The van der Waals surface area contributed by atoms with E-state index in [0.717, 1.165) is 22.3 Å². The van der Waals surface area contributed by atoms with Crippen molar-refractivity contribution < 1.29 is 14.3 Å². The zero-order valence-corrected chi connectivity index (χ0v) is 17.6. The molecule has 2 amide bonds. The number of imide groups is 1. The molecule has 2 aromatic carbocycles. The molecule has 0 N–H and O–H groups in total. The Morgan fingerprint density at radius 3 is 1.93 bits per heavy atom. The highest BCUT2D eigenvalue weighted by Gasteiger charge is 2.70. The smallest absolute Gasteiger partial charge is 0.234 e. The van der Waals surface area contributed by atoms with Gasteiger partial charge in [0, 0.05) is 18.6 Å². The van der Waals surface area contributed by atoms with Gasteiger partial charge in [0.15, 0.2) is 0 Å². The van der Waals surface area contributed by atoms with Crippen molar-refractivity contribution in [2.24, 2.45) is 11.8 Å². The van der Waals surface area contributed by atoms with E-state index in [0.29, 0.717) is 0 Å². The van der Waals surface area contributed by atoms with Crippen LogP contribution in [0.2, 0.25) is 0 Å². The first-order valence-electron chi connectivity index (χ1n) is 10.4. The van der Waals surface area contributed by atoms with Crippen LogP contribution in [0, 0.1) is 11.8 Å². The second-order valence-corrected chi connectivity index (χ2v) is 9.59. The molecule has 0 unspecified atom stereocenters. The summed E-state index contributed by atoms with van der Waals surface area (Å²) in [6.07, 6.45) is -0.254. The molecular weight excluding hydrogens is 362 g/mol. The molecule has 6 rings (SSSR count). The summed E-state index contributed by atoms with van der Waals surface area (Å²) >= 11 is 0. The molecule has 2 aromatic rings. The number of ether oxygens (including phenoxy) is 1. The number of amides is 2. The Bertz CT molecular complexity index is 987. The zero-order chi connectivity index (χ0) is 20.7. The van der Waals surface area contributed by atoms with Crippen LogP contribution in [0.1, 0.15) is 55.9 Å². The van der Waals surface area contributed by atoms with Crippen molar-refractivity contribution in [3.63, 3.8) is 0 Å². The van der Waals surface area contributed by atoms with Gasteiger partial charge < -0.3 is 4.74 Å². The number of carbonyl (C=O) groups excluding carboxylic acids is 2. The lowest BCUT2D eigenvalue weighted by Gasteiger charge is -2.56. The summed E-state index contributed by atoms with van der Waals surface area (Å²) in [4.78, 5) is 29.1. The molecule has 150 valence electrons. The maximum Gasteiger partial charge on any atom is 0.234 e. The van der Waals surface area contributed by atoms with Crippen LogP contribution in [0.3, 0.4) is 0 Å². The predicted molar refractivity (Wildman–Crippen MR) is 111 cm³/mol. The van der Waals surface area contributed by atoms with E-state index < -0.39 is 16.9 Å². The fourth-order valence-electron chi connectivity index (χ4n) is 6.37. The minimum atomic E-state index is -0.673. The van der Waals surface area contributed by atoms with E-state index in [-0.39, 0.29) is 29.8 Å². The van der Waals surface area contributed by atoms with Gasteiger partial charge in [-0.2, -0.15) is 0 Å². The van der Waals surface area contributed by atoms with Gasteiger partial charge in [-0.05, 0) is 49.9 Å². The van der Waals surface area contributed by atoms with Crippen LogP contribution in [-0.2, 0) is 19.7 Å². The summed E-state index contributed by atoms with van der Waals surface area (Å²) in [5, 5.41) is 0. The molecule has 4 heteroatoms. The average Bonchev–Trinajstić information content (AvgIpc) is 2.98. The summed E-state index contributed by atoms with van der Waals surface area (Å²) in [7, 11) is 1.70. The van der Waals surface area contributed by atoms with Crippen molar-refractivity contribution in [2.75, 3.05) is 7.11 Å². The topological polar surface area (TPSA) is 46.6 Å². The molecule has 1 heterocycles. The van der Waals surface area contributed by atoms with Gasteiger partial charge in [0.25, 0.3) is 0 Å². The first-order chi connectivity index (χ1) is 13.8. The molecule has 1 fully saturated rings. The Labute approximate surface area is 171 Å². The zero-order valence-electron chi connectivity index (χ0n) is 17.6. The SMILES string of the molecule is CO[C@H](C)C12c3ccccc3C(c3ccccc31)[C@H]1C(=O)N(C(C)(C)C)C(=O)[C@H]12. The summed E-state index contributed by atoms with van der Waals surface area (Å²) < 4.78 is 5.95. The monoisotopic (exact) mass is 389 g/mol. The van der Waals surface area contributed by atoms with Gasteiger partial charge in [-0.15, -0.1) is 0 Å². The van der Waals surface area contributed by atoms with E-state index in [1.54, 1.807) is 7.11 Å². The maximum atomic E-state index is 13.9. The Morgan fingerprint density at radius 1 is 0.931 bits per heavy atom. The third-order valence-corrected chi connectivity index (χ3v) is 7.35. The highest BCUT2D eigenvalue weighted by molar-refractivity contribution is 6.09. The summed E-state index contributed by atoms with van der Waals surface area (Å²) in [5.41, 5.74) is 3.36. The number of hydrogen-bond acceptors (Lipinski definition) is 3. The summed E-state index contributed by atoms with van der Waals surface area (Å²) in [6, 6.07) is 16.6. The molecule has 4 aliphatic rings. The van der Waals surface area contributed by atoms with Crippen molar-refractivity contribution in [3.8, 4) is 0 Å². The highest BCUT2D eigenvalue weighted by Crippen LogP contribution is 2.65. The Balaban J connectivity index is 1.90. The standard InChI is InChI=1S/C25H27NO3/c1-14(29-5)25-17-12-8-6-10-15(17)19(16-11-7-9-13-18(16)25)20-21(25)23(28)26(22(20)27)24(2,3)4/h6-14,19-21H,1-5H3/t14-,19?,20-,21+,25?/m1/s1. The van der Waals surface area contributed by atoms with Crippen LogP contribution < -0.4 is 0 Å². The number of likely N-dealkylation sites (tertiary alicyclic amines) is 1. The quantitative estimate of drug-likeness (QED) is 0.733. The number of methoxy groups -OCH3 is 1. The summed E-state index contributed by atoms with van der Waals surface area (Å²) in [5.74, 6) is -1.04. The fraction of sp³-hybridized carbons (Fsp3) is 0.440. The predicted octanol–water partition coefficient (Wildman–Crippen LogP) is 3.87. The molecule has 0 spiro atoms. The number of benzene rings is 2. The third-order valence-electron chi connectivity index (χ3n) is 7.35. The van der Waals surface area contributed by atoms with E-state index in [9.17, 15) is 9.59 Å². The van der Waals surface area contributed by atoms with Crippen molar-refractivity contribution in [2.45, 2.75) is 50.7 Å². The lowest BCUT2D eigenvalue weighted by molar-refractivity contribution is -0.146.